The van der Waals surface area contributed by atoms with E-state index >= 15 is 0 Å². The highest BCUT2D eigenvalue weighted by molar-refractivity contribution is 9.10. The van der Waals surface area contributed by atoms with Crippen LogP contribution in [0.1, 0.15) is 32.8 Å². The third-order valence-corrected chi connectivity index (χ3v) is 5.56. The zero-order valence-electron chi connectivity index (χ0n) is 11.5. The summed E-state index contributed by atoms with van der Waals surface area (Å²) >= 11 is 3.28. The molecule has 1 atom stereocenters. The van der Waals surface area contributed by atoms with E-state index in [1.54, 1.807) is 12.1 Å². The molecule has 0 spiro atoms. The predicted octanol–water partition coefficient (Wildman–Crippen LogP) is 2.62. The molecule has 0 amide bonds. The first-order valence-corrected chi connectivity index (χ1v) is 8.60. The summed E-state index contributed by atoms with van der Waals surface area (Å²) in [5, 5.41) is 0. The van der Waals surface area contributed by atoms with E-state index < -0.39 is 10.0 Å². The van der Waals surface area contributed by atoms with Crippen molar-refractivity contribution < 1.29 is 8.42 Å². The molecule has 0 fully saturated rings. The first kappa shape index (κ1) is 16.6. The van der Waals surface area contributed by atoms with Crippen LogP contribution in [0, 0.1) is 5.92 Å². The second-order valence-electron chi connectivity index (χ2n) is 4.85. The van der Waals surface area contributed by atoms with Gasteiger partial charge in [-0.2, -0.15) is 0 Å². The van der Waals surface area contributed by atoms with E-state index in [9.17, 15) is 8.42 Å². The number of nitrogens with two attached hydrogens (primary N) is 1. The molecule has 4 nitrogen and oxygen atoms in total. The van der Waals surface area contributed by atoms with Crippen LogP contribution < -0.4 is 10.5 Å². The summed E-state index contributed by atoms with van der Waals surface area (Å²) in [6.45, 7) is 6.29. The van der Waals surface area contributed by atoms with Crippen molar-refractivity contribution in [3.05, 3.63) is 28.2 Å². The zero-order chi connectivity index (χ0) is 14.6. The van der Waals surface area contributed by atoms with Gasteiger partial charge in [-0.15, -0.1) is 0 Å². The summed E-state index contributed by atoms with van der Waals surface area (Å²) in [5.74, 6) is 0.247. The normalized spacial score (nSPS) is 13.8. The molecular formula is C13H21BrN2O2S. The number of halogens is 1. The molecule has 108 valence electrons. The van der Waals surface area contributed by atoms with Gasteiger partial charge in [-0.1, -0.05) is 26.8 Å². The molecule has 0 aromatic heterocycles. The number of rotatable bonds is 6. The van der Waals surface area contributed by atoms with Crippen LogP contribution in [0.4, 0.5) is 0 Å². The fourth-order valence-corrected chi connectivity index (χ4v) is 4.32. The number of hydrogen-bond donors (Lipinski definition) is 2. The van der Waals surface area contributed by atoms with Gasteiger partial charge in [-0.25, -0.2) is 13.1 Å². The van der Waals surface area contributed by atoms with Crippen molar-refractivity contribution in [2.45, 2.75) is 44.7 Å². The molecule has 0 aliphatic carbocycles. The Labute approximate surface area is 124 Å². The maximum Gasteiger partial charge on any atom is 0.241 e. The molecule has 0 saturated heterocycles. The second-order valence-corrected chi connectivity index (χ2v) is 7.39. The van der Waals surface area contributed by atoms with Gasteiger partial charge >= 0.3 is 0 Å². The van der Waals surface area contributed by atoms with Crippen molar-refractivity contribution in [1.82, 2.24) is 4.72 Å². The fourth-order valence-electron chi connectivity index (χ4n) is 1.83. The monoisotopic (exact) mass is 348 g/mol. The Morgan fingerprint density at radius 1 is 1.37 bits per heavy atom. The number of nitrogens with one attached hydrogen (secondary N) is 1. The Balaban J connectivity index is 3.13. The molecule has 0 saturated carbocycles. The minimum Gasteiger partial charge on any atom is -0.326 e. The summed E-state index contributed by atoms with van der Waals surface area (Å²) < 4.78 is 28.1. The Bertz CT molecular complexity index is 529. The predicted molar refractivity (Wildman–Crippen MR) is 81.3 cm³/mol. The quantitative estimate of drug-likeness (QED) is 0.829. The third kappa shape index (κ3) is 4.27. The first-order valence-electron chi connectivity index (χ1n) is 6.32. The van der Waals surface area contributed by atoms with E-state index in [0.29, 0.717) is 11.0 Å². The Hall–Kier alpha value is -0.430. The average Bonchev–Trinajstić information content (AvgIpc) is 2.36. The van der Waals surface area contributed by atoms with Crippen LogP contribution in [-0.2, 0) is 16.6 Å². The molecule has 3 N–H and O–H groups in total. The van der Waals surface area contributed by atoms with E-state index in [1.807, 2.05) is 26.8 Å². The van der Waals surface area contributed by atoms with Crippen LogP contribution in [0.5, 0.6) is 0 Å². The second kappa shape index (κ2) is 6.83. The van der Waals surface area contributed by atoms with Gasteiger partial charge in [0.2, 0.25) is 10.0 Å². The largest absolute Gasteiger partial charge is 0.326 e. The molecular weight excluding hydrogens is 328 g/mol. The third-order valence-electron chi connectivity index (χ3n) is 3.07. The highest BCUT2D eigenvalue weighted by Crippen LogP contribution is 2.24. The topological polar surface area (TPSA) is 72.2 Å². The van der Waals surface area contributed by atoms with Gasteiger partial charge < -0.3 is 5.73 Å². The van der Waals surface area contributed by atoms with Crippen molar-refractivity contribution >= 4 is 26.0 Å². The molecule has 0 aliphatic rings. The van der Waals surface area contributed by atoms with Crippen LogP contribution in [0.25, 0.3) is 0 Å². The standard InChI is InChI=1S/C13H21BrN2O2S/c1-4-12(9(2)3)16-19(17,18)13-7-10(8-15)5-6-11(13)14/h5-7,9,12,16H,4,8,15H2,1-3H3. The van der Waals surface area contributed by atoms with E-state index in [4.69, 9.17) is 5.73 Å². The smallest absolute Gasteiger partial charge is 0.241 e. The highest BCUT2D eigenvalue weighted by atomic mass is 79.9. The van der Waals surface area contributed by atoms with Crippen molar-refractivity contribution in [2.24, 2.45) is 11.7 Å². The lowest BCUT2D eigenvalue weighted by molar-refractivity contribution is 0.437. The van der Waals surface area contributed by atoms with Crippen molar-refractivity contribution in [1.29, 1.82) is 0 Å². The number of benzene rings is 1. The average molecular weight is 349 g/mol. The molecule has 1 unspecified atom stereocenters. The first-order chi connectivity index (χ1) is 8.81. The number of sulfonamides is 1. The molecule has 19 heavy (non-hydrogen) atoms. The van der Waals surface area contributed by atoms with Gasteiger partial charge in [0, 0.05) is 17.1 Å². The lowest BCUT2D eigenvalue weighted by atomic mass is 10.0. The SMILES string of the molecule is CCC(NS(=O)(=O)c1cc(CN)ccc1Br)C(C)C. The molecule has 1 rings (SSSR count). The van der Waals surface area contributed by atoms with Crippen LogP contribution >= 0.6 is 15.9 Å². The fraction of sp³-hybridized carbons (Fsp3) is 0.538. The van der Waals surface area contributed by atoms with Gasteiger partial charge in [-0.05, 0) is 46.0 Å². The maximum absolute atomic E-state index is 12.4. The lowest BCUT2D eigenvalue weighted by Crippen LogP contribution is -2.38. The molecule has 0 aliphatic heterocycles. The molecule has 6 heteroatoms. The van der Waals surface area contributed by atoms with Gasteiger partial charge in [0.15, 0.2) is 0 Å². The summed E-state index contributed by atoms with van der Waals surface area (Å²) in [4.78, 5) is 0.245. The van der Waals surface area contributed by atoms with Crippen molar-refractivity contribution in [3.63, 3.8) is 0 Å². The van der Waals surface area contributed by atoms with Crippen LogP contribution in [-0.4, -0.2) is 14.5 Å². The molecule has 0 bridgehead atoms. The van der Waals surface area contributed by atoms with Gasteiger partial charge in [0.05, 0.1) is 4.90 Å². The Kier molecular flexibility index (Phi) is 5.98. The summed E-state index contributed by atoms with van der Waals surface area (Å²) in [7, 11) is -3.53. The van der Waals surface area contributed by atoms with Crippen molar-refractivity contribution in [2.75, 3.05) is 0 Å². The minimum absolute atomic E-state index is 0.0709. The molecule has 0 radical (unpaired) electrons. The summed E-state index contributed by atoms with van der Waals surface area (Å²) in [6.07, 6.45) is 0.755. The van der Waals surface area contributed by atoms with E-state index in [-0.39, 0.29) is 16.9 Å². The van der Waals surface area contributed by atoms with Gasteiger partial charge in [0.25, 0.3) is 0 Å². The lowest BCUT2D eigenvalue weighted by Gasteiger charge is -2.21. The minimum atomic E-state index is -3.53. The van der Waals surface area contributed by atoms with Crippen LogP contribution in [0.15, 0.2) is 27.6 Å². The van der Waals surface area contributed by atoms with E-state index in [1.165, 1.54) is 0 Å². The highest BCUT2D eigenvalue weighted by Gasteiger charge is 2.23. The molecule has 0 heterocycles. The Morgan fingerprint density at radius 3 is 2.47 bits per heavy atom. The zero-order valence-corrected chi connectivity index (χ0v) is 13.9. The van der Waals surface area contributed by atoms with E-state index in [2.05, 4.69) is 20.7 Å². The molecule has 1 aromatic carbocycles. The summed E-state index contributed by atoms with van der Waals surface area (Å²) in [5.41, 5.74) is 6.35. The van der Waals surface area contributed by atoms with Gasteiger partial charge in [-0.3, -0.25) is 0 Å². The van der Waals surface area contributed by atoms with Gasteiger partial charge in [0.1, 0.15) is 0 Å². The maximum atomic E-state index is 12.4. The number of hydrogen-bond acceptors (Lipinski definition) is 3. The Morgan fingerprint density at radius 2 is 2.00 bits per heavy atom. The van der Waals surface area contributed by atoms with Crippen LogP contribution in [0.3, 0.4) is 0 Å². The summed E-state index contributed by atoms with van der Waals surface area (Å²) in [6, 6.07) is 5.06. The van der Waals surface area contributed by atoms with Crippen LogP contribution in [0.2, 0.25) is 0 Å². The van der Waals surface area contributed by atoms with E-state index in [0.717, 1.165) is 12.0 Å². The molecule has 1 aromatic rings. The van der Waals surface area contributed by atoms with Crippen molar-refractivity contribution in [3.8, 4) is 0 Å².